The second-order valence-electron chi connectivity index (χ2n) is 3.26. The van der Waals surface area contributed by atoms with Crippen molar-refractivity contribution in [1.29, 1.82) is 0 Å². The number of carbonyl (C=O) groups excluding carboxylic acids is 1. The molecule has 0 amide bonds. The highest BCUT2D eigenvalue weighted by Gasteiger charge is 2.09. The molecule has 2 rings (SSSR count). The number of benzene rings is 1. The predicted molar refractivity (Wildman–Crippen MR) is 80.9 cm³/mol. The molecule has 0 radical (unpaired) electrons. The van der Waals surface area contributed by atoms with Crippen molar-refractivity contribution in [3.63, 3.8) is 0 Å². The van der Waals surface area contributed by atoms with Crippen LogP contribution in [0.2, 0.25) is 0 Å². The van der Waals surface area contributed by atoms with Gasteiger partial charge in [0.1, 0.15) is 0 Å². The standard InChI is InChI=1S/C11H9BrN2OS3/c1-16-10-13-14-11(18-10)17-6-9(15)7-2-4-8(12)5-3-7/h2-5H,6H2,1H3. The summed E-state index contributed by atoms with van der Waals surface area (Å²) in [5.74, 6) is 0.499. The molecule has 0 N–H and O–H groups in total. The molecule has 2 aromatic rings. The largest absolute Gasteiger partial charge is 0.293 e. The minimum atomic E-state index is 0.105. The quantitative estimate of drug-likeness (QED) is 0.595. The van der Waals surface area contributed by atoms with Crippen LogP contribution < -0.4 is 0 Å². The van der Waals surface area contributed by atoms with Crippen molar-refractivity contribution in [2.45, 2.75) is 8.68 Å². The topological polar surface area (TPSA) is 42.9 Å². The van der Waals surface area contributed by atoms with Crippen LogP contribution in [0.1, 0.15) is 10.4 Å². The molecule has 1 heterocycles. The molecule has 0 saturated heterocycles. The first-order valence-corrected chi connectivity index (χ1v) is 8.80. The Bertz CT molecular complexity index is 541. The normalized spacial score (nSPS) is 10.6. The summed E-state index contributed by atoms with van der Waals surface area (Å²) in [6.45, 7) is 0. The van der Waals surface area contributed by atoms with Gasteiger partial charge in [0.15, 0.2) is 14.5 Å². The molecule has 1 aromatic carbocycles. The Morgan fingerprint density at radius 2 is 1.94 bits per heavy atom. The van der Waals surface area contributed by atoms with Gasteiger partial charge in [0.05, 0.1) is 5.75 Å². The monoisotopic (exact) mass is 360 g/mol. The zero-order chi connectivity index (χ0) is 13.0. The first-order chi connectivity index (χ1) is 8.69. The highest BCUT2D eigenvalue weighted by atomic mass is 79.9. The van der Waals surface area contributed by atoms with Crippen molar-refractivity contribution in [2.75, 3.05) is 12.0 Å². The Kier molecular flexibility index (Phi) is 5.23. The molecule has 0 fully saturated rings. The summed E-state index contributed by atoms with van der Waals surface area (Å²) in [4.78, 5) is 11.9. The second-order valence-corrected chi connectivity index (χ2v) is 7.43. The molecular formula is C11H9BrN2OS3. The summed E-state index contributed by atoms with van der Waals surface area (Å²) in [6, 6.07) is 7.38. The number of nitrogens with zero attached hydrogens (tertiary/aromatic N) is 2. The number of Topliss-reactive ketones (excluding diaryl/α,β-unsaturated/α-hetero) is 1. The minimum absolute atomic E-state index is 0.105. The third-order valence-corrected chi connectivity index (χ3v) is 5.62. The van der Waals surface area contributed by atoms with Crippen LogP contribution in [0.5, 0.6) is 0 Å². The summed E-state index contributed by atoms with van der Waals surface area (Å²) in [5, 5.41) is 8.01. The number of hydrogen-bond acceptors (Lipinski definition) is 6. The Morgan fingerprint density at radius 3 is 2.56 bits per heavy atom. The average molecular weight is 361 g/mol. The molecule has 0 atom stereocenters. The lowest BCUT2D eigenvalue weighted by Gasteiger charge is -1.99. The maximum absolute atomic E-state index is 11.9. The third kappa shape index (κ3) is 3.81. The van der Waals surface area contributed by atoms with E-state index >= 15 is 0 Å². The molecule has 0 bridgehead atoms. The van der Waals surface area contributed by atoms with Gasteiger partial charge in [-0.1, -0.05) is 62.9 Å². The van der Waals surface area contributed by atoms with Crippen molar-refractivity contribution < 1.29 is 4.79 Å². The van der Waals surface area contributed by atoms with E-state index in [1.807, 2.05) is 30.5 Å². The van der Waals surface area contributed by atoms with Crippen LogP contribution in [0, 0.1) is 0 Å². The molecule has 0 aliphatic rings. The average Bonchev–Trinajstić information content (AvgIpc) is 2.85. The third-order valence-electron chi connectivity index (χ3n) is 2.06. The molecule has 0 aliphatic carbocycles. The zero-order valence-corrected chi connectivity index (χ0v) is 13.5. The molecular weight excluding hydrogens is 352 g/mol. The molecule has 94 valence electrons. The number of carbonyl (C=O) groups is 1. The van der Waals surface area contributed by atoms with Gasteiger partial charge in [-0.2, -0.15) is 0 Å². The Balaban J connectivity index is 1.93. The Morgan fingerprint density at radius 1 is 1.28 bits per heavy atom. The molecule has 7 heteroatoms. The first kappa shape index (κ1) is 14.0. The van der Waals surface area contributed by atoms with Gasteiger partial charge >= 0.3 is 0 Å². The van der Waals surface area contributed by atoms with Crippen molar-refractivity contribution in [3.05, 3.63) is 34.3 Å². The lowest BCUT2D eigenvalue weighted by atomic mass is 10.2. The van der Waals surface area contributed by atoms with E-state index in [2.05, 4.69) is 26.1 Å². The lowest BCUT2D eigenvalue weighted by Crippen LogP contribution is -2.01. The van der Waals surface area contributed by atoms with Crippen LogP contribution in [0.15, 0.2) is 37.4 Å². The maximum Gasteiger partial charge on any atom is 0.175 e. The van der Waals surface area contributed by atoms with E-state index in [9.17, 15) is 4.79 Å². The number of rotatable bonds is 5. The lowest BCUT2D eigenvalue weighted by molar-refractivity contribution is 0.102. The van der Waals surface area contributed by atoms with Gasteiger partial charge in [0, 0.05) is 10.0 Å². The van der Waals surface area contributed by atoms with Crippen LogP contribution in [-0.2, 0) is 0 Å². The van der Waals surface area contributed by atoms with Crippen LogP contribution in [-0.4, -0.2) is 28.0 Å². The van der Waals surface area contributed by atoms with E-state index in [-0.39, 0.29) is 5.78 Å². The van der Waals surface area contributed by atoms with Gasteiger partial charge in [-0.05, 0) is 18.4 Å². The van der Waals surface area contributed by atoms with Gasteiger partial charge in [-0.3, -0.25) is 4.79 Å². The molecule has 1 aromatic heterocycles. The van der Waals surface area contributed by atoms with Gasteiger partial charge in [-0.15, -0.1) is 10.2 Å². The van der Waals surface area contributed by atoms with Crippen molar-refractivity contribution in [3.8, 4) is 0 Å². The van der Waals surface area contributed by atoms with E-state index in [0.717, 1.165) is 18.7 Å². The van der Waals surface area contributed by atoms with Crippen LogP contribution >= 0.6 is 50.8 Å². The smallest absolute Gasteiger partial charge is 0.175 e. The van der Waals surface area contributed by atoms with Crippen molar-refractivity contribution >= 4 is 56.6 Å². The summed E-state index contributed by atoms with van der Waals surface area (Å²) in [6.07, 6.45) is 1.96. The van der Waals surface area contributed by atoms with Crippen LogP contribution in [0.4, 0.5) is 0 Å². The Hall–Kier alpha value is -0.370. The van der Waals surface area contributed by atoms with Gasteiger partial charge in [0.25, 0.3) is 0 Å². The fraction of sp³-hybridized carbons (Fsp3) is 0.182. The van der Waals surface area contributed by atoms with Crippen LogP contribution in [0.3, 0.4) is 0 Å². The van der Waals surface area contributed by atoms with E-state index in [4.69, 9.17) is 0 Å². The molecule has 0 saturated carbocycles. The minimum Gasteiger partial charge on any atom is -0.293 e. The maximum atomic E-state index is 11.9. The second kappa shape index (κ2) is 6.70. The van der Waals surface area contributed by atoms with Gasteiger partial charge in [-0.25, -0.2) is 0 Å². The van der Waals surface area contributed by atoms with E-state index in [0.29, 0.717) is 5.75 Å². The summed E-state index contributed by atoms with van der Waals surface area (Å²) >= 11 is 7.86. The number of ketones is 1. The van der Waals surface area contributed by atoms with Gasteiger partial charge in [0.2, 0.25) is 0 Å². The fourth-order valence-corrected chi connectivity index (χ4v) is 3.78. The number of hydrogen-bond donors (Lipinski definition) is 0. The summed E-state index contributed by atoms with van der Waals surface area (Å²) in [7, 11) is 0. The molecule has 3 nitrogen and oxygen atoms in total. The molecule has 0 aliphatic heterocycles. The highest BCUT2D eigenvalue weighted by molar-refractivity contribution is 9.10. The van der Waals surface area contributed by atoms with E-state index < -0.39 is 0 Å². The number of aromatic nitrogens is 2. The first-order valence-electron chi connectivity index (χ1n) is 4.98. The number of halogens is 1. The fourth-order valence-electron chi connectivity index (χ4n) is 1.18. The van der Waals surface area contributed by atoms with E-state index in [1.54, 1.807) is 11.8 Å². The highest BCUT2D eigenvalue weighted by Crippen LogP contribution is 2.27. The SMILES string of the molecule is CSc1nnc(SCC(=O)c2ccc(Br)cc2)s1. The molecule has 0 spiro atoms. The van der Waals surface area contributed by atoms with Crippen molar-refractivity contribution in [1.82, 2.24) is 10.2 Å². The number of thioether (sulfide) groups is 2. The van der Waals surface area contributed by atoms with Crippen LogP contribution in [0.25, 0.3) is 0 Å². The summed E-state index contributed by atoms with van der Waals surface area (Å²) in [5.41, 5.74) is 0.723. The predicted octanol–water partition coefficient (Wildman–Crippen LogP) is 4.00. The summed E-state index contributed by atoms with van der Waals surface area (Å²) < 4.78 is 2.74. The van der Waals surface area contributed by atoms with Gasteiger partial charge < -0.3 is 0 Å². The molecule has 18 heavy (non-hydrogen) atoms. The van der Waals surface area contributed by atoms with E-state index in [1.165, 1.54) is 23.1 Å². The Labute approximate surface area is 126 Å². The molecule has 0 unspecified atom stereocenters. The zero-order valence-electron chi connectivity index (χ0n) is 9.42. The van der Waals surface area contributed by atoms with Crippen molar-refractivity contribution in [2.24, 2.45) is 0 Å².